The van der Waals surface area contributed by atoms with Crippen LogP contribution in [-0.4, -0.2) is 27.3 Å². The lowest BCUT2D eigenvalue weighted by atomic mass is 10.2. The highest BCUT2D eigenvalue weighted by Gasteiger charge is 2.18. The third kappa shape index (κ3) is 5.20. The number of hydrogen-bond acceptors (Lipinski definition) is 5. The van der Waals surface area contributed by atoms with Crippen molar-refractivity contribution < 1.29 is 13.9 Å². The zero-order chi connectivity index (χ0) is 22.5. The third-order valence-corrected chi connectivity index (χ3v) is 5.44. The fraction of sp³-hybridized carbons (Fsp3) is 0.208. The Morgan fingerprint density at radius 1 is 1.12 bits per heavy atom. The molecule has 8 heteroatoms. The number of nitrogens with one attached hydrogen (secondary N) is 1. The average molecular weight is 451 g/mol. The van der Waals surface area contributed by atoms with Crippen LogP contribution < -0.4 is 10.1 Å². The minimum Gasteiger partial charge on any atom is -0.462 e. The molecule has 4 aromatic rings. The highest BCUT2D eigenvalue weighted by atomic mass is 32.1. The van der Waals surface area contributed by atoms with Gasteiger partial charge < -0.3 is 10.1 Å². The standard InChI is InChI=1S/C24H23FN4O2S/c1-16(2)15-31-24-27-23(20-7-3-4-8-21(20)25)29(28-24)18-11-9-17(10-12-18)26-22(30)14-19-6-5-13-32-19/h3-13,16H,14-15H2,1-2H3,(H,26,30). The quantitative estimate of drug-likeness (QED) is 0.393. The summed E-state index contributed by atoms with van der Waals surface area (Å²) in [7, 11) is 0. The Labute approximate surface area is 189 Å². The van der Waals surface area contributed by atoms with Crippen LogP contribution in [0.25, 0.3) is 17.1 Å². The summed E-state index contributed by atoms with van der Waals surface area (Å²) < 4.78 is 21.7. The highest BCUT2D eigenvalue weighted by molar-refractivity contribution is 7.10. The molecule has 2 heterocycles. The van der Waals surface area contributed by atoms with Crippen molar-refractivity contribution in [1.29, 1.82) is 0 Å². The van der Waals surface area contributed by atoms with Crippen LogP contribution in [0, 0.1) is 11.7 Å². The number of thiophene rings is 1. The first-order valence-corrected chi connectivity index (χ1v) is 11.1. The van der Waals surface area contributed by atoms with E-state index in [0.29, 0.717) is 41.7 Å². The molecule has 2 aromatic heterocycles. The third-order valence-electron chi connectivity index (χ3n) is 4.56. The largest absolute Gasteiger partial charge is 0.462 e. The fourth-order valence-electron chi connectivity index (χ4n) is 3.06. The summed E-state index contributed by atoms with van der Waals surface area (Å²) in [5.41, 5.74) is 1.67. The van der Waals surface area contributed by atoms with Gasteiger partial charge in [0.15, 0.2) is 5.82 Å². The van der Waals surface area contributed by atoms with Gasteiger partial charge in [-0.25, -0.2) is 9.07 Å². The van der Waals surface area contributed by atoms with Crippen molar-refractivity contribution >= 4 is 22.9 Å². The van der Waals surface area contributed by atoms with Crippen molar-refractivity contribution in [1.82, 2.24) is 14.8 Å². The molecule has 0 bridgehead atoms. The van der Waals surface area contributed by atoms with E-state index in [1.807, 2.05) is 31.4 Å². The predicted molar refractivity (Wildman–Crippen MR) is 124 cm³/mol. The summed E-state index contributed by atoms with van der Waals surface area (Å²) in [6.45, 7) is 4.51. The van der Waals surface area contributed by atoms with Gasteiger partial charge in [0, 0.05) is 10.6 Å². The molecule has 164 valence electrons. The van der Waals surface area contributed by atoms with Crippen LogP contribution in [0.4, 0.5) is 10.1 Å². The summed E-state index contributed by atoms with van der Waals surface area (Å²) in [6, 6.07) is 17.6. The molecule has 0 saturated heterocycles. The van der Waals surface area contributed by atoms with Gasteiger partial charge >= 0.3 is 6.01 Å². The lowest BCUT2D eigenvalue weighted by molar-refractivity contribution is -0.115. The van der Waals surface area contributed by atoms with E-state index in [9.17, 15) is 9.18 Å². The molecule has 0 aliphatic carbocycles. The first-order valence-electron chi connectivity index (χ1n) is 10.3. The van der Waals surface area contributed by atoms with Crippen LogP contribution in [0.1, 0.15) is 18.7 Å². The van der Waals surface area contributed by atoms with E-state index in [2.05, 4.69) is 15.4 Å². The molecular formula is C24H23FN4O2S. The summed E-state index contributed by atoms with van der Waals surface area (Å²) >= 11 is 1.55. The molecule has 32 heavy (non-hydrogen) atoms. The van der Waals surface area contributed by atoms with Crippen molar-refractivity contribution in [2.45, 2.75) is 20.3 Å². The Morgan fingerprint density at radius 2 is 1.91 bits per heavy atom. The monoisotopic (exact) mass is 450 g/mol. The first kappa shape index (κ1) is 21.7. The zero-order valence-electron chi connectivity index (χ0n) is 17.8. The van der Waals surface area contributed by atoms with Gasteiger partial charge in [-0.05, 0) is 53.8 Å². The molecule has 0 fully saturated rings. The normalized spacial score (nSPS) is 11.0. The van der Waals surface area contributed by atoms with Crippen LogP contribution in [0.5, 0.6) is 6.01 Å². The second-order valence-corrected chi connectivity index (χ2v) is 8.70. The van der Waals surface area contributed by atoms with Gasteiger partial charge in [0.2, 0.25) is 5.91 Å². The summed E-state index contributed by atoms with van der Waals surface area (Å²) in [6.07, 6.45) is 0.330. The second-order valence-electron chi connectivity index (χ2n) is 7.67. The molecular weight excluding hydrogens is 427 g/mol. The number of amides is 1. The second kappa shape index (κ2) is 9.74. The van der Waals surface area contributed by atoms with Gasteiger partial charge in [0.25, 0.3) is 0 Å². The lowest BCUT2D eigenvalue weighted by Crippen LogP contribution is -2.13. The Balaban J connectivity index is 1.59. The Bertz CT molecular complexity index is 1190. The molecule has 0 unspecified atom stereocenters. The molecule has 6 nitrogen and oxygen atoms in total. The Morgan fingerprint density at radius 3 is 2.59 bits per heavy atom. The van der Waals surface area contributed by atoms with Gasteiger partial charge in [-0.15, -0.1) is 16.4 Å². The molecule has 2 aromatic carbocycles. The number of anilines is 1. The summed E-state index contributed by atoms with van der Waals surface area (Å²) in [4.78, 5) is 17.7. The average Bonchev–Trinajstić information content (AvgIpc) is 3.43. The molecule has 1 amide bonds. The smallest absolute Gasteiger partial charge is 0.336 e. The van der Waals surface area contributed by atoms with E-state index in [1.54, 1.807) is 58.5 Å². The maximum absolute atomic E-state index is 14.5. The number of hydrogen-bond donors (Lipinski definition) is 1. The fourth-order valence-corrected chi connectivity index (χ4v) is 3.76. The number of carbonyl (C=O) groups excluding carboxylic acids is 1. The van der Waals surface area contributed by atoms with Gasteiger partial charge in [-0.1, -0.05) is 32.0 Å². The van der Waals surface area contributed by atoms with E-state index in [4.69, 9.17) is 4.74 Å². The molecule has 0 aliphatic rings. The first-order chi connectivity index (χ1) is 15.5. The number of benzene rings is 2. The van der Waals surface area contributed by atoms with Crippen molar-refractivity contribution in [3.63, 3.8) is 0 Å². The molecule has 0 spiro atoms. The number of ether oxygens (including phenoxy) is 1. The van der Waals surface area contributed by atoms with E-state index in [1.165, 1.54) is 6.07 Å². The summed E-state index contributed by atoms with van der Waals surface area (Å²) in [5.74, 6) is 0.165. The molecule has 0 radical (unpaired) electrons. The van der Waals surface area contributed by atoms with Crippen molar-refractivity contribution in [2.24, 2.45) is 5.92 Å². The SMILES string of the molecule is CC(C)COc1nc(-c2ccccc2F)n(-c2ccc(NC(=O)Cc3cccs3)cc2)n1. The van der Waals surface area contributed by atoms with Gasteiger partial charge in [0.1, 0.15) is 5.82 Å². The Kier molecular flexibility index (Phi) is 6.61. The van der Waals surface area contributed by atoms with Crippen LogP contribution in [0.3, 0.4) is 0 Å². The number of carbonyl (C=O) groups is 1. The topological polar surface area (TPSA) is 69.0 Å². The number of rotatable bonds is 8. The van der Waals surface area contributed by atoms with Crippen molar-refractivity contribution in [3.05, 3.63) is 76.7 Å². The van der Waals surface area contributed by atoms with Crippen LogP contribution in [0.15, 0.2) is 66.0 Å². The molecule has 0 saturated carbocycles. The molecule has 0 atom stereocenters. The van der Waals surface area contributed by atoms with Crippen molar-refractivity contribution in [3.8, 4) is 23.1 Å². The minimum atomic E-state index is -0.394. The lowest BCUT2D eigenvalue weighted by Gasteiger charge is -2.09. The highest BCUT2D eigenvalue weighted by Crippen LogP contribution is 2.26. The number of aromatic nitrogens is 3. The van der Waals surface area contributed by atoms with Gasteiger partial charge in [-0.2, -0.15) is 4.98 Å². The molecule has 1 N–H and O–H groups in total. The van der Waals surface area contributed by atoms with E-state index < -0.39 is 5.82 Å². The zero-order valence-corrected chi connectivity index (χ0v) is 18.6. The summed E-state index contributed by atoms with van der Waals surface area (Å²) in [5, 5.41) is 9.28. The van der Waals surface area contributed by atoms with Crippen molar-refractivity contribution in [2.75, 3.05) is 11.9 Å². The Hall–Kier alpha value is -3.52. The molecule has 4 rings (SSSR count). The van der Waals surface area contributed by atoms with Gasteiger partial charge in [0.05, 0.1) is 24.3 Å². The predicted octanol–water partition coefficient (Wildman–Crippen LogP) is 5.35. The van der Waals surface area contributed by atoms with E-state index >= 15 is 0 Å². The minimum absolute atomic E-state index is 0.0858. The number of halogens is 1. The van der Waals surface area contributed by atoms with E-state index in [-0.39, 0.29) is 11.9 Å². The molecule has 0 aliphatic heterocycles. The maximum atomic E-state index is 14.5. The van der Waals surface area contributed by atoms with Crippen LogP contribution in [-0.2, 0) is 11.2 Å². The maximum Gasteiger partial charge on any atom is 0.336 e. The van der Waals surface area contributed by atoms with Gasteiger partial charge in [-0.3, -0.25) is 4.79 Å². The van der Waals surface area contributed by atoms with E-state index in [0.717, 1.165) is 4.88 Å². The number of nitrogens with zero attached hydrogens (tertiary/aromatic N) is 3. The van der Waals surface area contributed by atoms with Crippen LogP contribution >= 0.6 is 11.3 Å². The van der Waals surface area contributed by atoms with Crippen LogP contribution in [0.2, 0.25) is 0 Å².